The highest BCUT2D eigenvalue weighted by Gasteiger charge is 2.41. The van der Waals surface area contributed by atoms with Gasteiger partial charge in [0.25, 0.3) is 5.56 Å². The first-order valence-electron chi connectivity index (χ1n) is 9.91. The molecule has 150 valence electrons. The Morgan fingerprint density at radius 3 is 2.83 bits per heavy atom. The number of H-pyrrole nitrogens is 1. The van der Waals surface area contributed by atoms with Gasteiger partial charge in [0.2, 0.25) is 11.9 Å². The van der Waals surface area contributed by atoms with Crippen molar-refractivity contribution in [1.82, 2.24) is 9.97 Å². The zero-order valence-electron chi connectivity index (χ0n) is 16.1. The maximum absolute atomic E-state index is 14.5. The molecule has 0 saturated carbocycles. The van der Waals surface area contributed by atoms with Gasteiger partial charge >= 0.3 is 0 Å². The highest BCUT2D eigenvalue weighted by Crippen LogP contribution is 2.39. The average molecular weight is 395 g/mol. The molecule has 2 aliphatic heterocycles. The number of anilines is 2. The fourth-order valence-electron chi connectivity index (χ4n) is 4.40. The summed E-state index contributed by atoms with van der Waals surface area (Å²) in [6, 6.07) is 8.08. The van der Waals surface area contributed by atoms with E-state index in [4.69, 9.17) is 0 Å². The lowest BCUT2D eigenvalue weighted by atomic mass is 9.79. The van der Waals surface area contributed by atoms with Gasteiger partial charge in [-0.3, -0.25) is 14.6 Å². The van der Waals surface area contributed by atoms with Crippen molar-refractivity contribution in [1.29, 1.82) is 5.26 Å². The smallest absolute Gasteiger partial charge is 0.258 e. The average Bonchev–Trinajstić information content (AvgIpc) is 2.73. The zero-order valence-corrected chi connectivity index (χ0v) is 16.1. The third-order valence-electron chi connectivity index (χ3n) is 5.86. The predicted octanol–water partition coefficient (Wildman–Crippen LogP) is 2.90. The normalized spacial score (nSPS) is 23.8. The number of hydrogen-bond donors (Lipinski definition) is 2. The van der Waals surface area contributed by atoms with Gasteiger partial charge in [-0.05, 0) is 37.3 Å². The lowest BCUT2D eigenvalue weighted by Crippen LogP contribution is -2.43. The van der Waals surface area contributed by atoms with Crippen molar-refractivity contribution in [3.63, 3.8) is 0 Å². The number of nitriles is 1. The summed E-state index contributed by atoms with van der Waals surface area (Å²) in [5, 5.41) is 12.1. The molecular formula is C21H22FN5O2. The molecule has 7 nitrogen and oxygen atoms in total. The van der Waals surface area contributed by atoms with E-state index in [9.17, 15) is 19.2 Å². The number of benzene rings is 1. The molecule has 1 saturated heterocycles. The van der Waals surface area contributed by atoms with Crippen molar-refractivity contribution in [2.75, 3.05) is 16.8 Å². The number of amides is 1. The predicted molar refractivity (Wildman–Crippen MR) is 106 cm³/mol. The van der Waals surface area contributed by atoms with Crippen LogP contribution in [-0.2, 0) is 4.79 Å². The molecule has 0 bridgehead atoms. The number of aromatic amines is 1. The van der Waals surface area contributed by atoms with E-state index in [0.717, 1.165) is 32.2 Å². The Morgan fingerprint density at radius 2 is 2.10 bits per heavy atom. The quantitative estimate of drug-likeness (QED) is 0.832. The number of nitrogens with zero attached hydrogens (tertiary/aromatic N) is 3. The van der Waals surface area contributed by atoms with E-state index >= 15 is 0 Å². The maximum Gasteiger partial charge on any atom is 0.258 e. The second-order valence-corrected chi connectivity index (χ2v) is 7.50. The van der Waals surface area contributed by atoms with Crippen LogP contribution < -0.4 is 15.8 Å². The van der Waals surface area contributed by atoms with Crippen LogP contribution in [0.5, 0.6) is 0 Å². The first kappa shape index (κ1) is 19.1. The third kappa shape index (κ3) is 3.27. The number of aromatic nitrogens is 2. The van der Waals surface area contributed by atoms with Gasteiger partial charge in [0, 0.05) is 18.5 Å². The molecule has 0 aliphatic carbocycles. The first-order valence-corrected chi connectivity index (χ1v) is 9.91. The van der Waals surface area contributed by atoms with Crippen LogP contribution >= 0.6 is 0 Å². The molecule has 0 spiro atoms. The minimum atomic E-state index is -1.22. The van der Waals surface area contributed by atoms with Crippen LogP contribution in [0.3, 0.4) is 0 Å². The molecule has 1 aromatic carbocycles. The van der Waals surface area contributed by atoms with E-state index in [1.807, 2.05) is 6.07 Å². The van der Waals surface area contributed by atoms with Gasteiger partial charge in [-0.15, -0.1) is 0 Å². The van der Waals surface area contributed by atoms with E-state index in [1.54, 1.807) is 6.07 Å². The molecule has 2 aromatic rings. The molecule has 1 aromatic heterocycles. The summed E-state index contributed by atoms with van der Waals surface area (Å²) in [6.07, 6.45) is 4.05. The third-order valence-corrected chi connectivity index (χ3v) is 5.86. The lowest BCUT2D eigenvalue weighted by Gasteiger charge is -2.36. The Balaban J connectivity index is 1.86. The highest BCUT2D eigenvalue weighted by molar-refractivity contribution is 5.98. The molecule has 2 aliphatic rings. The van der Waals surface area contributed by atoms with Gasteiger partial charge < -0.3 is 10.2 Å². The molecule has 29 heavy (non-hydrogen) atoms. The Hall–Kier alpha value is -3.21. The van der Waals surface area contributed by atoms with Gasteiger partial charge in [0.15, 0.2) is 0 Å². The number of carbonyl (C=O) groups excluding carboxylic acids is 1. The molecule has 3 heterocycles. The summed E-state index contributed by atoms with van der Waals surface area (Å²) >= 11 is 0. The summed E-state index contributed by atoms with van der Waals surface area (Å²) in [4.78, 5) is 35.1. The number of piperidine rings is 1. The van der Waals surface area contributed by atoms with Crippen molar-refractivity contribution in [3.8, 4) is 6.07 Å². The Morgan fingerprint density at radius 1 is 1.31 bits per heavy atom. The zero-order chi connectivity index (χ0) is 20.5. The van der Waals surface area contributed by atoms with E-state index < -0.39 is 29.1 Å². The van der Waals surface area contributed by atoms with Crippen molar-refractivity contribution in [2.24, 2.45) is 5.92 Å². The van der Waals surface area contributed by atoms with Gasteiger partial charge in [0.1, 0.15) is 17.6 Å². The molecule has 4 rings (SSSR count). The molecule has 0 radical (unpaired) electrons. The Labute approximate surface area is 167 Å². The van der Waals surface area contributed by atoms with Gasteiger partial charge in [-0.25, -0.2) is 4.39 Å². The molecule has 3 unspecified atom stereocenters. The van der Waals surface area contributed by atoms with Crippen LogP contribution in [-0.4, -0.2) is 28.5 Å². The number of fused-ring (bicyclic) bond motifs is 1. The fraction of sp³-hybridized carbons (Fsp3) is 0.429. The van der Waals surface area contributed by atoms with E-state index in [2.05, 4.69) is 27.1 Å². The summed E-state index contributed by atoms with van der Waals surface area (Å²) in [7, 11) is 0. The number of nitrogens with one attached hydrogen (secondary N) is 2. The SMILES string of the molecule is CCC1CCCCN1c1nc2c(c(=O)[nH]1)C(c1ccccc1F)C(C#N)C(=O)N2. The number of carbonyl (C=O) groups is 1. The number of rotatable bonds is 3. The van der Waals surface area contributed by atoms with Gasteiger partial charge in [-0.2, -0.15) is 10.2 Å². The Kier molecular flexibility index (Phi) is 5.05. The second kappa shape index (κ2) is 7.66. The fourth-order valence-corrected chi connectivity index (χ4v) is 4.40. The standard InChI is InChI=1S/C21H22FN5O2/c1-2-12-7-5-6-10-27(12)21-25-18-17(20(29)26-21)16(14(11-23)19(28)24-18)13-8-3-4-9-15(13)22/h3-4,8-9,12,14,16H,2,5-7,10H2,1H3,(H2,24,25,26,28,29). The number of halogens is 1. The molecular weight excluding hydrogens is 373 g/mol. The van der Waals surface area contributed by atoms with Gasteiger partial charge in [-0.1, -0.05) is 25.1 Å². The highest BCUT2D eigenvalue weighted by atomic mass is 19.1. The monoisotopic (exact) mass is 395 g/mol. The summed E-state index contributed by atoms with van der Waals surface area (Å²) in [5.74, 6) is -2.87. The van der Waals surface area contributed by atoms with Crippen LogP contribution in [0.1, 0.15) is 49.7 Å². The first-order chi connectivity index (χ1) is 14.0. The van der Waals surface area contributed by atoms with E-state index in [-0.39, 0.29) is 23.0 Å². The lowest BCUT2D eigenvalue weighted by molar-refractivity contribution is -0.119. The minimum Gasteiger partial charge on any atom is -0.339 e. The van der Waals surface area contributed by atoms with E-state index in [1.165, 1.54) is 18.2 Å². The maximum atomic E-state index is 14.5. The molecule has 2 N–H and O–H groups in total. The van der Waals surface area contributed by atoms with E-state index in [0.29, 0.717) is 5.95 Å². The van der Waals surface area contributed by atoms with Gasteiger partial charge in [0.05, 0.1) is 11.6 Å². The second-order valence-electron chi connectivity index (χ2n) is 7.50. The minimum absolute atomic E-state index is 0.105. The topological polar surface area (TPSA) is 102 Å². The van der Waals surface area contributed by atoms with Crippen LogP contribution in [0, 0.1) is 23.1 Å². The summed E-state index contributed by atoms with van der Waals surface area (Å²) in [6.45, 7) is 2.86. The number of hydrogen-bond acceptors (Lipinski definition) is 5. The summed E-state index contributed by atoms with van der Waals surface area (Å²) < 4.78 is 14.5. The van der Waals surface area contributed by atoms with Crippen LogP contribution in [0.4, 0.5) is 16.2 Å². The Bertz CT molecular complexity index is 1040. The molecule has 1 fully saturated rings. The van der Waals surface area contributed by atoms with Crippen molar-refractivity contribution >= 4 is 17.7 Å². The molecule has 1 amide bonds. The molecule has 3 atom stereocenters. The largest absolute Gasteiger partial charge is 0.339 e. The summed E-state index contributed by atoms with van der Waals surface area (Å²) in [5.41, 5.74) is -0.200. The van der Waals surface area contributed by atoms with Crippen molar-refractivity contribution in [2.45, 2.75) is 44.6 Å². The van der Waals surface area contributed by atoms with Crippen LogP contribution in [0.15, 0.2) is 29.1 Å². The van der Waals surface area contributed by atoms with Crippen LogP contribution in [0.2, 0.25) is 0 Å². The molecule has 8 heteroatoms. The van der Waals surface area contributed by atoms with Crippen LogP contribution in [0.25, 0.3) is 0 Å². The van der Waals surface area contributed by atoms with Crippen molar-refractivity contribution < 1.29 is 9.18 Å². The van der Waals surface area contributed by atoms with Crippen molar-refractivity contribution in [3.05, 3.63) is 51.6 Å².